The van der Waals surface area contributed by atoms with Gasteiger partial charge < -0.3 is 20.3 Å². The van der Waals surface area contributed by atoms with Gasteiger partial charge in [-0.3, -0.25) is 0 Å². The quantitative estimate of drug-likeness (QED) is 0.645. The Bertz CT molecular complexity index is 964. The fourth-order valence-corrected chi connectivity index (χ4v) is 3.87. The van der Waals surface area contributed by atoms with Crippen LogP contribution >= 0.6 is 0 Å². The molecule has 6 heteroatoms. The average Bonchev–Trinajstić information content (AvgIpc) is 3.08. The zero-order valence-electron chi connectivity index (χ0n) is 16.3. The number of phenolic OH excluding ortho intramolecular Hbond substituents is 1. The Balaban J connectivity index is 1.32. The Labute approximate surface area is 164 Å². The first kappa shape index (κ1) is 18.3. The van der Waals surface area contributed by atoms with E-state index in [9.17, 15) is 9.90 Å². The third kappa shape index (κ3) is 3.81. The van der Waals surface area contributed by atoms with Crippen molar-refractivity contribution in [3.05, 3.63) is 58.9 Å². The SMILES string of the molecule is Cc1cc2nc(CNC(=O)N3CCC(c4cccc(O)c4)CC3)[nH]c2cc1C. The summed E-state index contributed by atoms with van der Waals surface area (Å²) in [7, 11) is 0. The Morgan fingerprint density at radius 1 is 1.21 bits per heavy atom. The number of fused-ring (bicyclic) bond motifs is 1. The van der Waals surface area contributed by atoms with E-state index in [-0.39, 0.29) is 6.03 Å². The molecule has 2 heterocycles. The Morgan fingerprint density at radius 2 is 1.96 bits per heavy atom. The summed E-state index contributed by atoms with van der Waals surface area (Å²) in [6.07, 6.45) is 1.81. The molecule has 1 aliphatic rings. The molecular weight excluding hydrogens is 352 g/mol. The van der Waals surface area contributed by atoms with Gasteiger partial charge in [-0.1, -0.05) is 12.1 Å². The van der Waals surface area contributed by atoms with Crippen LogP contribution in [0.3, 0.4) is 0 Å². The number of aryl methyl sites for hydroxylation is 2. The molecule has 4 rings (SSSR count). The van der Waals surface area contributed by atoms with Crippen molar-refractivity contribution in [1.82, 2.24) is 20.2 Å². The van der Waals surface area contributed by atoms with Gasteiger partial charge in [-0.25, -0.2) is 9.78 Å². The summed E-state index contributed by atoms with van der Waals surface area (Å²) in [4.78, 5) is 22.2. The Kier molecular flexibility index (Phi) is 4.94. The number of imidazole rings is 1. The van der Waals surface area contributed by atoms with Gasteiger partial charge in [-0.15, -0.1) is 0 Å². The number of likely N-dealkylation sites (tertiary alicyclic amines) is 1. The molecule has 146 valence electrons. The molecule has 0 bridgehead atoms. The summed E-state index contributed by atoms with van der Waals surface area (Å²) in [6.45, 7) is 5.97. The number of H-pyrrole nitrogens is 1. The number of aromatic amines is 1. The lowest BCUT2D eigenvalue weighted by Gasteiger charge is -2.32. The highest BCUT2D eigenvalue weighted by Crippen LogP contribution is 2.29. The van der Waals surface area contributed by atoms with E-state index in [1.165, 1.54) is 11.1 Å². The second-order valence-electron chi connectivity index (χ2n) is 7.65. The molecule has 28 heavy (non-hydrogen) atoms. The van der Waals surface area contributed by atoms with E-state index >= 15 is 0 Å². The van der Waals surface area contributed by atoms with E-state index in [1.807, 2.05) is 23.1 Å². The number of rotatable bonds is 3. The number of urea groups is 1. The van der Waals surface area contributed by atoms with Crippen molar-refractivity contribution in [3.63, 3.8) is 0 Å². The van der Waals surface area contributed by atoms with Crippen LogP contribution in [0.15, 0.2) is 36.4 Å². The smallest absolute Gasteiger partial charge is 0.317 e. The lowest BCUT2D eigenvalue weighted by Crippen LogP contribution is -2.43. The first-order chi connectivity index (χ1) is 13.5. The van der Waals surface area contributed by atoms with Gasteiger partial charge in [0, 0.05) is 13.1 Å². The number of benzene rings is 2. The molecule has 0 radical (unpaired) electrons. The summed E-state index contributed by atoms with van der Waals surface area (Å²) in [5.41, 5.74) is 5.51. The van der Waals surface area contributed by atoms with Gasteiger partial charge in [0.05, 0.1) is 17.6 Å². The van der Waals surface area contributed by atoms with Crippen LogP contribution in [-0.2, 0) is 6.54 Å². The highest BCUT2D eigenvalue weighted by molar-refractivity contribution is 5.77. The molecule has 0 spiro atoms. The number of phenols is 1. The molecular formula is C22H26N4O2. The second kappa shape index (κ2) is 7.54. The van der Waals surface area contributed by atoms with Crippen LogP contribution in [0.4, 0.5) is 4.79 Å². The summed E-state index contributed by atoms with van der Waals surface area (Å²) in [6, 6.07) is 11.5. The van der Waals surface area contributed by atoms with Crippen molar-refractivity contribution in [2.45, 2.75) is 39.2 Å². The van der Waals surface area contributed by atoms with Crippen molar-refractivity contribution in [1.29, 1.82) is 0 Å². The van der Waals surface area contributed by atoms with Crippen molar-refractivity contribution in [2.75, 3.05) is 13.1 Å². The second-order valence-corrected chi connectivity index (χ2v) is 7.65. The van der Waals surface area contributed by atoms with Crippen LogP contribution in [-0.4, -0.2) is 39.1 Å². The van der Waals surface area contributed by atoms with Crippen molar-refractivity contribution >= 4 is 17.1 Å². The summed E-state index contributed by atoms with van der Waals surface area (Å²) in [5, 5.41) is 12.6. The molecule has 3 aromatic rings. The van der Waals surface area contributed by atoms with E-state index in [1.54, 1.807) is 6.07 Å². The van der Waals surface area contributed by atoms with Crippen LogP contribution < -0.4 is 5.32 Å². The molecule has 2 amide bonds. The largest absolute Gasteiger partial charge is 0.508 e. The molecule has 6 nitrogen and oxygen atoms in total. The maximum atomic E-state index is 12.5. The molecule has 1 saturated heterocycles. The average molecular weight is 378 g/mol. The summed E-state index contributed by atoms with van der Waals surface area (Å²) < 4.78 is 0. The molecule has 0 aliphatic carbocycles. The molecule has 3 N–H and O–H groups in total. The topological polar surface area (TPSA) is 81.2 Å². The maximum Gasteiger partial charge on any atom is 0.317 e. The van der Waals surface area contributed by atoms with Crippen LogP contribution in [0.5, 0.6) is 5.75 Å². The van der Waals surface area contributed by atoms with E-state index in [4.69, 9.17) is 0 Å². The lowest BCUT2D eigenvalue weighted by atomic mass is 9.89. The van der Waals surface area contributed by atoms with Crippen LogP contribution in [0.1, 0.15) is 41.3 Å². The van der Waals surface area contributed by atoms with Gasteiger partial charge in [0.15, 0.2) is 0 Å². The predicted molar refractivity (Wildman–Crippen MR) is 109 cm³/mol. The number of amides is 2. The molecule has 1 fully saturated rings. The minimum Gasteiger partial charge on any atom is -0.508 e. The fourth-order valence-electron chi connectivity index (χ4n) is 3.87. The van der Waals surface area contributed by atoms with Crippen molar-refractivity contribution in [2.24, 2.45) is 0 Å². The molecule has 2 aromatic carbocycles. The number of nitrogens with one attached hydrogen (secondary N) is 2. The Morgan fingerprint density at radius 3 is 2.71 bits per heavy atom. The van der Waals surface area contributed by atoms with Crippen LogP contribution in [0, 0.1) is 13.8 Å². The summed E-state index contributed by atoms with van der Waals surface area (Å²) in [5.74, 6) is 1.45. The zero-order valence-corrected chi connectivity index (χ0v) is 16.3. The highest BCUT2D eigenvalue weighted by atomic mass is 16.3. The first-order valence-electron chi connectivity index (χ1n) is 9.77. The highest BCUT2D eigenvalue weighted by Gasteiger charge is 2.24. The van der Waals surface area contributed by atoms with Gasteiger partial charge in [-0.2, -0.15) is 0 Å². The minimum absolute atomic E-state index is 0.0535. The number of hydrogen-bond acceptors (Lipinski definition) is 3. The van der Waals surface area contributed by atoms with Gasteiger partial charge in [-0.05, 0) is 73.6 Å². The fraction of sp³-hybridized carbons (Fsp3) is 0.364. The lowest BCUT2D eigenvalue weighted by molar-refractivity contribution is 0.180. The van der Waals surface area contributed by atoms with E-state index in [0.29, 0.717) is 31.3 Å². The number of piperidine rings is 1. The third-order valence-electron chi connectivity index (χ3n) is 5.68. The molecule has 1 aromatic heterocycles. The standard InChI is InChI=1S/C22H26N4O2/c1-14-10-19-20(11-15(14)2)25-21(24-19)13-23-22(28)26-8-6-16(7-9-26)17-4-3-5-18(27)12-17/h3-5,10-12,16,27H,6-9,13H2,1-2H3,(H,23,28)(H,24,25). The molecule has 0 unspecified atom stereocenters. The van der Waals surface area contributed by atoms with Gasteiger partial charge in [0.25, 0.3) is 0 Å². The van der Waals surface area contributed by atoms with Crippen molar-refractivity contribution in [3.8, 4) is 5.75 Å². The predicted octanol–water partition coefficient (Wildman–Crippen LogP) is 3.97. The zero-order chi connectivity index (χ0) is 19.7. The Hall–Kier alpha value is -3.02. The third-order valence-corrected chi connectivity index (χ3v) is 5.68. The number of carbonyl (C=O) groups excluding carboxylic acids is 1. The number of carbonyl (C=O) groups is 1. The number of aromatic hydroxyl groups is 1. The molecule has 1 aliphatic heterocycles. The van der Waals surface area contributed by atoms with Gasteiger partial charge in [0.2, 0.25) is 0 Å². The van der Waals surface area contributed by atoms with E-state index in [0.717, 1.165) is 35.3 Å². The number of nitrogens with zero attached hydrogens (tertiary/aromatic N) is 2. The van der Waals surface area contributed by atoms with Gasteiger partial charge in [0.1, 0.15) is 11.6 Å². The molecule has 0 saturated carbocycles. The number of aromatic nitrogens is 2. The maximum absolute atomic E-state index is 12.5. The normalized spacial score (nSPS) is 15.1. The van der Waals surface area contributed by atoms with E-state index in [2.05, 4.69) is 41.3 Å². The van der Waals surface area contributed by atoms with Gasteiger partial charge >= 0.3 is 6.03 Å². The number of hydrogen-bond donors (Lipinski definition) is 3. The van der Waals surface area contributed by atoms with Crippen LogP contribution in [0.25, 0.3) is 11.0 Å². The molecule has 0 atom stereocenters. The van der Waals surface area contributed by atoms with E-state index < -0.39 is 0 Å². The first-order valence-corrected chi connectivity index (χ1v) is 9.77. The van der Waals surface area contributed by atoms with Crippen molar-refractivity contribution < 1.29 is 9.90 Å². The monoisotopic (exact) mass is 378 g/mol. The summed E-state index contributed by atoms with van der Waals surface area (Å²) >= 11 is 0. The van der Waals surface area contributed by atoms with Crippen LogP contribution in [0.2, 0.25) is 0 Å². The minimum atomic E-state index is -0.0535.